The summed E-state index contributed by atoms with van der Waals surface area (Å²) in [6, 6.07) is 3.87. The van der Waals surface area contributed by atoms with E-state index >= 15 is 0 Å². The summed E-state index contributed by atoms with van der Waals surface area (Å²) in [6.07, 6.45) is -0.707. The largest absolute Gasteiger partial charge is 0.480 e. The fourth-order valence-corrected chi connectivity index (χ4v) is 1.63. The third kappa shape index (κ3) is 4.52. The van der Waals surface area contributed by atoms with Gasteiger partial charge in [-0.15, -0.1) is 0 Å². The van der Waals surface area contributed by atoms with E-state index in [0.29, 0.717) is 11.3 Å². The van der Waals surface area contributed by atoms with Gasteiger partial charge in [0.2, 0.25) is 0 Å². The van der Waals surface area contributed by atoms with Gasteiger partial charge >= 0.3 is 0 Å². The van der Waals surface area contributed by atoms with Gasteiger partial charge in [0.25, 0.3) is 5.91 Å². The molecule has 0 radical (unpaired) electrons. The second-order valence-electron chi connectivity index (χ2n) is 4.89. The SMILES string of the molecule is CC(C)NC(=O)C(C)Oc1cc(F)ccc1C(C)N. The quantitative estimate of drug-likeness (QED) is 0.860. The van der Waals surface area contributed by atoms with Crippen LogP contribution >= 0.6 is 0 Å². The highest BCUT2D eigenvalue weighted by atomic mass is 19.1. The van der Waals surface area contributed by atoms with E-state index in [2.05, 4.69) is 5.32 Å². The molecule has 2 unspecified atom stereocenters. The van der Waals surface area contributed by atoms with Crippen LogP contribution in [-0.2, 0) is 4.79 Å². The van der Waals surface area contributed by atoms with Crippen LogP contribution in [0.1, 0.15) is 39.3 Å². The zero-order chi connectivity index (χ0) is 14.6. The summed E-state index contributed by atoms with van der Waals surface area (Å²) in [4.78, 5) is 11.8. The molecule has 0 spiro atoms. The lowest BCUT2D eigenvalue weighted by Gasteiger charge is -2.19. The average Bonchev–Trinajstić information content (AvgIpc) is 2.27. The van der Waals surface area contributed by atoms with Gasteiger partial charge in [0.05, 0.1) is 0 Å². The molecule has 19 heavy (non-hydrogen) atoms. The van der Waals surface area contributed by atoms with Crippen molar-refractivity contribution < 1.29 is 13.9 Å². The Labute approximate surface area is 113 Å². The van der Waals surface area contributed by atoms with Gasteiger partial charge in [0, 0.05) is 23.7 Å². The standard InChI is InChI=1S/C14H21FN2O2/c1-8(2)17-14(18)10(4)19-13-7-11(15)5-6-12(13)9(3)16/h5-10H,16H2,1-4H3,(H,17,18). The summed E-state index contributed by atoms with van der Waals surface area (Å²) >= 11 is 0. The van der Waals surface area contributed by atoms with Crippen molar-refractivity contribution in [1.82, 2.24) is 5.32 Å². The molecule has 0 saturated heterocycles. The summed E-state index contributed by atoms with van der Waals surface area (Å²) in [5.41, 5.74) is 6.47. The first-order chi connectivity index (χ1) is 8.81. The van der Waals surface area contributed by atoms with Crippen molar-refractivity contribution in [1.29, 1.82) is 0 Å². The smallest absolute Gasteiger partial charge is 0.260 e. The van der Waals surface area contributed by atoms with Gasteiger partial charge in [-0.05, 0) is 33.8 Å². The number of halogens is 1. The number of hydrogen-bond acceptors (Lipinski definition) is 3. The Morgan fingerprint density at radius 3 is 2.47 bits per heavy atom. The minimum absolute atomic E-state index is 0.0268. The van der Waals surface area contributed by atoms with Crippen molar-refractivity contribution in [3.05, 3.63) is 29.6 Å². The van der Waals surface area contributed by atoms with Crippen LogP contribution in [0.15, 0.2) is 18.2 Å². The summed E-state index contributed by atoms with van der Waals surface area (Å²) in [5, 5.41) is 2.74. The van der Waals surface area contributed by atoms with E-state index in [-0.39, 0.29) is 18.0 Å². The van der Waals surface area contributed by atoms with Crippen LogP contribution in [0.2, 0.25) is 0 Å². The van der Waals surface area contributed by atoms with Crippen molar-refractivity contribution in [2.24, 2.45) is 5.73 Å². The van der Waals surface area contributed by atoms with Gasteiger partial charge in [-0.3, -0.25) is 4.79 Å². The molecule has 3 N–H and O–H groups in total. The molecule has 2 atom stereocenters. The summed E-state index contributed by atoms with van der Waals surface area (Å²) in [6.45, 7) is 7.12. The molecule has 4 nitrogen and oxygen atoms in total. The monoisotopic (exact) mass is 268 g/mol. The van der Waals surface area contributed by atoms with E-state index in [4.69, 9.17) is 10.5 Å². The lowest BCUT2D eigenvalue weighted by atomic mass is 10.1. The molecule has 0 heterocycles. The second-order valence-corrected chi connectivity index (χ2v) is 4.89. The second kappa shape index (κ2) is 6.52. The predicted octanol–water partition coefficient (Wildman–Crippen LogP) is 2.14. The third-order valence-electron chi connectivity index (χ3n) is 2.57. The van der Waals surface area contributed by atoms with Crippen LogP contribution < -0.4 is 15.8 Å². The van der Waals surface area contributed by atoms with Crippen LogP contribution in [0, 0.1) is 5.82 Å². The number of rotatable bonds is 5. The summed E-state index contributed by atoms with van der Waals surface area (Å²) < 4.78 is 18.8. The molecule has 5 heteroatoms. The lowest BCUT2D eigenvalue weighted by Crippen LogP contribution is -2.40. The van der Waals surface area contributed by atoms with Crippen LogP contribution in [0.4, 0.5) is 4.39 Å². The molecule has 1 rings (SSSR count). The first kappa shape index (κ1) is 15.4. The minimum Gasteiger partial charge on any atom is -0.480 e. The fraction of sp³-hybridized carbons (Fsp3) is 0.500. The first-order valence-electron chi connectivity index (χ1n) is 6.33. The van der Waals surface area contributed by atoms with E-state index < -0.39 is 11.9 Å². The Morgan fingerprint density at radius 1 is 1.32 bits per heavy atom. The number of hydrogen-bond donors (Lipinski definition) is 2. The Balaban J connectivity index is 2.86. The summed E-state index contributed by atoms with van der Waals surface area (Å²) in [7, 11) is 0. The van der Waals surface area contributed by atoms with Crippen LogP contribution in [0.25, 0.3) is 0 Å². The first-order valence-corrected chi connectivity index (χ1v) is 6.33. The summed E-state index contributed by atoms with van der Waals surface area (Å²) in [5.74, 6) is -0.354. The van der Waals surface area contributed by atoms with Gasteiger partial charge in [-0.2, -0.15) is 0 Å². The molecule has 0 bridgehead atoms. The molecule has 0 aliphatic heterocycles. The Kier molecular flexibility index (Phi) is 5.30. The number of nitrogens with two attached hydrogens (primary N) is 1. The van der Waals surface area contributed by atoms with E-state index in [1.165, 1.54) is 12.1 Å². The molecule has 0 aliphatic carbocycles. The number of amides is 1. The number of carbonyl (C=O) groups is 1. The van der Waals surface area contributed by atoms with Gasteiger partial charge in [0.15, 0.2) is 6.10 Å². The van der Waals surface area contributed by atoms with Gasteiger partial charge in [0.1, 0.15) is 11.6 Å². The normalized spacial score (nSPS) is 14.1. The number of ether oxygens (including phenoxy) is 1. The fourth-order valence-electron chi connectivity index (χ4n) is 1.63. The van der Waals surface area contributed by atoms with E-state index in [9.17, 15) is 9.18 Å². The van der Waals surface area contributed by atoms with Crippen LogP contribution in [0.3, 0.4) is 0 Å². The van der Waals surface area contributed by atoms with Crippen molar-refractivity contribution in [2.75, 3.05) is 0 Å². The predicted molar refractivity (Wildman–Crippen MR) is 72.4 cm³/mol. The Hall–Kier alpha value is -1.62. The number of benzene rings is 1. The van der Waals surface area contributed by atoms with Crippen molar-refractivity contribution >= 4 is 5.91 Å². The maximum absolute atomic E-state index is 13.3. The lowest BCUT2D eigenvalue weighted by molar-refractivity contribution is -0.127. The van der Waals surface area contributed by atoms with Crippen molar-refractivity contribution in [3.63, 3.8) is 0 Å². The molecule has 1 aromatic carbocycles. The zero-order valence-corrected chi connectivity index (χ0v) is 11.7. The van der Waals surface area contributed by atoms with Crippen LogP contribution in [0.5, 0.6) is 5.75 Å². The Morgan fingerprint density at radius 2 is 1.95 bits per heavy atom. The molecule has 1 amide bonds. The Bertz CT molecular complexity index is 447. The van der Waals surface area contributed by atoms with Gasteiger partial charge in [-0.25, -0.2) is 4.39 Å². The molecule has 0 saturated carbocycles. The zero-order valence-electron chi connectivity index (χ0n) is 11.7. The number of carbonyl (C=O) groups excluding carboxylic acids is 1. The van der Waals surface area contributed by atoms with Gasteiger partial charge < -0.3 is 15.8 Å². The topological polar surface area (TPSA) is 64.3 Å². The molecule has 0 aromatic heterocycles. The molecular formula is C14H21FN2O2. The molecule has 106 valence electrons. The third-order valence-corrected chi connectivity index (χ3v) is 2.57. The maximum atomic E-state index is 13.3. The van der Waals surface area contributed by atoms with Crippen molar-refractivity contribution in [3.8, 4) is 5.75 Å². The van der Waals surface area contributed by atoms with Gasteiger partial charge in [-0.1, -0.05) is 6.07 Å². The minimum atomic E-state index is -0.707. The molecule has 0 fully saturated rings. The van der Waals surface area contributed by atoms with E-state index in [1.807, 2.05) is 13.8 Å². The van der Waals surface area contributed by atoms with E-state index in [0.717, 1.165) is 0 Å². The van der Waals surface area contributed by atoms with E-state index in [1.54, 1.807) is 19.9 Å². The molecular weight excluding hydrogens is 247 g/mol. The maximum Gasteiger partial charge on any atom is 0.260 e. The average molecular weight is 268 g/mol. The molecule has 0 aliphatic rings. The molecule has 1 aromatic rings. The number of nitrogens with one attached hydrogen (secondary N) is 1. The highest BCUT2D eigenvalue weighted by molar-refractivity contribution is 5.80. The highest BCUT2D eigenvalue weighted by Gasteiger charge is 2.18. The van der Waals surface area contributed by atoms with Crippen molar-refractivity contribution in [2.45, 2.75) is 45.9 Å². The van der Waals surface area contributed by atoms with Crippen LogP contribution in [-0.4, -0.2) is 18.1 Å². The highest BCUT2D eigenvalue weighted by Crippen LogP contribution is 2.25.